The third-order valence-electron chi connectivity index (χ3n) is 2.00. The van der Waals surface area contributed by atoms with Crippen molar-refractivity contribution >= 4 is 23.4 Å². The van der Waals surface area contributed by atoms with Crippen molar-refractivity contribution in [1.82, 2.24) is 19.9 Å². The highest BCUT2D eigenvalue weighted by molar-refractivity contribution is 5.57. The van der Waals surface area contributed by atoms with Gasteiger partial charge in [-0.2, -0.15) is 9.97 Å². The summed E-state index contributed by atoms with van der Waals surface area (Å²) in [6, 6.07) is 3.38. The van der Waals surface area contributed by atoms with E-state index in [4.69, 9.17) is 10.8 Å². The van der Waals surface area contributed by atoms with E-state index < -0.39 is 0 Å². The number of anilines is 4. The summed E-state index contributed by atoms with van der Waals surface area (Å²) < 4.78 is 0. The summed E-state index contributed by atoms with van der Waals surface area (Å²) in [7, 11) is 0. The zero-order valence-corrected chi connectivity index (χ0v) is 9.54. The molecule has 0 bridgehead atoms. The zero-order chi connectivity index (χ0) is 12.8. The number of aliphatic hydroxyl groups excluding tert-OH is 1. The molecule has 0 fully saturated rings. The lowest BCUT2D eigenvalue weighted by molar-refractivity contribution is 0.311. The van der Waals surface area contributed by atoms with Crippen molar-refractivity contribution in [3.05, 3.63) is 24.7 Å². The Labute approximate surface area is 103 Å². The van der Waals surface area contributed by atoms with Crippen molar-refractivity contribution in [2.24, 2.45) is 0 Å². The molecule has 0 aliphatic rings. The van der Waals surface area contributed by atoms with Crippen LogP contribution in [0.4, 0.5) is 23.4 Å². The van der Waals surface area contributed by atoms with Crippen LogP contribution in [0.25, 0.3) is 0 Å². The Bertz CT molecular complexity index is 505. The highest BCUT2D eigenvalue weighted by Crippen LogP contribution is 2.15. The summed E-state index contributed by atoms with van der Waals surface area (Å²) in [6.45, 7) is 0.405. The van der Waals surface area contributed by atoms with E-state index in [-0.39, 0.29) is 12.6 Å². The first-order valence-corrected chi connectivity index (χ1v) is 5.30. The number of hydrogen-bond donors (Lipinski definition) is 4. The third-order valence-corrected chi connectivity index (χ3v) is 2.00. The molecule has 0 amide bonds. The summed E-state index contributed by atoms with van der Waals surface area (Å²) in [5.41, 5.74) is 5.59. The molecule has 0 aliphatic heterocycles. The van der Waals surface area contributed by atoms with Gasteiger partial charge in [-0.1, -0.05) is 0 Å². The van der Waals surface area contributed by atoms with Gasteiger partial charge in [0.1, 0.15) is 23.8 Å². The summed E-state index contributed by atoms with van der Waals surface area (Å²) >= 11 is 0. The minimum Gasteiger partial charge on any atom is -0.395 e. The van der Waals surface area contributed by atoms with Gasteiger partial charge in [0.05, 0.1) is 6.61 Å². The molecule has 5 N–H and O–H groups in total. The summed E-state index contributed by atoms with van der Waals surface area (Å²) in [5, 5.41) is 14.6. The van der Waals surface area contributed by atoms with E-state index >= 15 is 0 Å². The molecule has 8 heteroatoms. The molecule has 94 valence electrons. The number of nitrogens with one attached hydrogen (secondary N) is 2. The van der Waals surface area contributed by atoms with Crippen molar-refractivity contribution in [1.29, 1.82) is 0 Å². The van der Waals surface area contributed by atoms with Crippen LogP contribution >= 0.6 is 0 Å². The number of hydrogen-bond acceptors (Lipinski definition) is 8. The van der Waals surface area contributed by atoms with Gasteiger partial charge in [0, 0.05) is 18.8 Å². The molecule has 0 saturated carbocycles. The monoisotopic (exact) mass is 247 g/mol. The Kier molecular flexibility index (Phi) is 3.82. The largest absolute Gasteiger partial charge is 0.395 e. The molecule has 2 aromatic rings. The second-order valence-corrected chi connectivity index (χ2v) is 3.37. The average Bonchev–Trinajstić information content (AvgIpc) is 2.37. The Balaban J connectivity index is 2.15. The van der Waals surface area contributed by atoms with Gasteiger partial charge in [-0.3, -0.25) is 0 Å². The predicted molar refractivity (Wildman–Crippen MR) is 67.3 cm³/mol. The van der Waals surface area contributed by atoms with Gasteiger partial charge in [-0.25, -0.2) is 9.97 Å². The molecule has 0 unspecified atom stereocenters. The van der Waals surface area contributed by atoms with Crippen LogP contribution in [-0.4, -0.2) is 38.2 Å². The first-order valence-electron chi connectivity index (χ1n) is 5.30. The van der Waals surface area contributed by atoms with Crippen molar-refractivity contribution in [3.8, 4) is 0 Å². The Hall–Kier alpha value is -2.48. The smallest absolute Gasteiger partial charge is 0.223 e. The standard InChI is InChI=1S/C10H13N7O/c11-10-16-8(13-3-4-18)5-9(17-10)15-7-1-2-12-6-14-7/h1-2,5-6,18H,3-4H2,(H4,11,12,13,14,15,16,17). The second kappa shape index (κ2) is 5.73. The predicted octanol–water partition coefficient (Wildman–Crippen LogP) is -0.00340. The van der Waals surface area contributed by atoms with E-state index in [0.29, 0.717) is 24.0 Å². The maximum Gasteiger partial charge on any atom is 0.223 e. The molecule has 0 aromatic carbocycles. The van der Waals surface area contributed by atoms with Gasteiger partial charge in [0.2, 0.25) is 5.95 Å². The molecular weight excluding hydrogens is 234 g/mol. The molecule has 0 atom stereocenters. The van der Waals surface area contributed by atoms with Gasteiger partial charge in [0.15, 0.2) is 0 Å². The Morgan fingerprint density at radius 1 is 1.22 bits per heavy atom. The van der Waals surface area contributed by atoms with Crippen LogP contribution in [0.15, 0.2) is 24.7 Å². The number of nitrogen functional groups attached to an aromatic ring is 1. The van der Waals surface area contributed by atoms with Crippen LogP contribution in [0.2, 0.25) is 0 Å². The van der Waals surface area contributed by atoms with Crippen molar-refractivity contribution in [2.75, 3.05) is 29.5 Å². The average molecular weight is 247 g/mol. The minimum absolute atomic E-state index is 0.0125. The molecule has 2 heterocycles. The first kappa shape index (κ1) is 12.0. The Morgan fingerprint density at radius 2 is 2.06 bits per heavy atom. The van der Waals surface area contributed by atoms with Crippen LogP contribution in [0, 0.1) is 0 Å². The molecule has 0 aliphatic carbocycles. The van der Waals surface area contributed by atoms with Crippen LogP contribution in [-0.2, 0) is 0 Å². The number of nitrogens with two attached hydrogens (primary N) is 1. The van der Waals surface area contributed by atoms with Crippen molar-refractivity contribution in [3.63, 3.8) is 0 Å². The maximum absolute atomic E-state index is 8.73. The van der Waals surface area contributed by atoms with Gasteiger partial charge in [-0.05, 0) is 6.07 Å². The van der Waals surface area contributed by atoms with Gasteiger partial charge < -0.3 is 21.5 Å². The van der Waals surface area contributed by atoms with Crippen LogP contribution < -0.4 is 16.4 Å². The molecule has 0 radical (unpaired) electrons. The van der Waals surface area contributed by atoms with E-state index in [0.717, 1.165) is 0 Å². The van der Waals surface area contributed by atoms with Crippen LogP contribution in [0.3, 0.4) is 0 Å². The fourth-order valence-electron chi connectivity index (χ4n) is 1.30. The number of aliphatic hydroxyl groups is 1. The molecule has 18 heavy (non-hydrogen) atoms. The van der Waals surface area contributed by atoms with Crippen molar-refractivity contribution < 1.29 is 5.11 Å². The van der Waals surface area contributed by atoms with Gasteiger partial charge in [-0.15, -0.1) is 0 Å². The fraction of sp³-hybridized carbons (Fsp3) is 0.200. The molecule has 0 saturated heterocycles. The molecule has 2 aromatic heterocycles. The third kappa shape index (κ3) is 3.25. The number of aromatic nitrogens is 4. The van der Waals surface area contributed by atoms with E-state index in [1.165, 1.54) is 6.33 Å². The van der Waals surface area contributed by atoms with E-state index in [2.05, 4.69) is 30.6 Å². The summed E-state index contributed by atoms with van der Waals surface area (Å²) in [5.74, 6) is 1.79. The van der Waals surface area contributed by atoms with E-state index in [1.54, 1.807) is 18.3 Å². The second-order valence-electron chi connectivity index (χ2n) is 3.37. The fourth-order valence-corrected chi connectivity index (χ4v) is 1.30. The molecule has 0 spiro atoms. The first-order chi connectivity index (χ1) is 8.78. The molecule has 8 nitrogen and oxygen atoms in total. The summed E-state index contributed by atoms with van der Waals surface area (Å²) in [6.07, 6.45) is 3.04. The maximum atomic E-state index is 8.73. The highest BCUT2D eigenvalue weighted by atomic mass is 16.3. The topological polar surface area (TPSA) is 122 Å². The quantitative estimate of drug-likeness (QED) is 0.582. The lowest BCUT2D eigenvalue weighted by Gasteiger charge is -2.08. The lowest BCUT2D eigenvalue weighted by Crippen LogP contribution is -2.09. The number of rotatable bonds is 5. The highest BCUT2D eigenvalue weighted by Gasteiger charge is 2.02. The van der Waals surface area contributed by atoms with E-state index in [1.807, 2.05) is 0 Å². The Morgan fingerprint density at radius 3 is 2.78 bits per heavy atom. The van der Waals surface area contributed by atoms with Crippen LogP contribution in [0.1, 0.15) is 0 Å². The SMILES string of the molecule is Nc1nc(NCCO)cc(Nc2ccncn2)n1. The van der Waals surface area contributed by atoms with Crippen LogP contribution in [0.5, 0.6) is 0 Å². The number of nitrogens with zero attached hydrogens (tertiary/aromatic N) is 4. The zero-order valence-electron chi connectivity index (χ0n) is 9.54. The normalized spacial score (nSPS) is 10.1. The van der Waals surface area contributed by atoms with E-state index in [9.17, 15) is 0 Å². The summed E-state index contributed by atoms with van der Waals surface area (Å²) in [4.78, 5) is 15.8. The lowest BCUT2D eigenvalue weighted by atomic mass is 10.4. The van der Waals surface area contributed by atoms with Crippen molar-refractivity contribution in [2.45, 2.75) is 0 Å². The van der Waals surface area contributed by atoms with Gasteiger partial charge in [0.25, 0.3) is 0 Å². The molecular formula is C10H13N7O. The minimum atomic E-state index is 0.0125. The van der Waals surface area contributed by atoms with Gasteiger partial charge >= 0.3 is 0 Å². The molecule has 2 rings (SSSR count).